The predicted molar refractivity (Wildman–Crippen MR) is 67.7 cm³/mol. The maximum Gasteiger partial charge on any atom is 0.128 e. The third-order valence-corrected chi connectivity index (χ3v) is 2.37. The first-order valence-electron chi connectivity index (χ1n) is 6.03. The Morgan fingerprint density at radius 1 is 1.22 bits per heavy atom. The SMILES string of the molecule is COCCCOCCOc1cc(C)ncc1CO. The highest BCUT2D eigenvalue weighted by molar-refractivity contribution is 5.32. The quantitative estimate of drug-likeness (QED) is 0.674. The molecule has 0 saturated heterocycles. The number of pyridine rings is 1. The van der Waals surface area contributed by atoms with Crippen molar-refractivity contribution in [1.82, 2.24) is 4.98 Å². The highest BCUT2D eigenvalue weighted by atomic mass is 16.5. The molecule has 0 amide bonds. The van der Waals surface area contributed by atoms with Gasteiger partial charge >= 0.3 is 0 Å². The Bertz CT molecular complexity index is 344. The summed E-state index contributed by atoms with van der Waals surface area (Å²) in [5.74, 6) is 0.672. The summed E-state index contributed by atoms with van der Waals surface area (Å²) in [4.78, 5) is 4.10. The number of hydrogen-bond acceptors (Lipinski definition) is 5. The van der Waals surface area contributed by atoms with Crippen LogP contribution in [0.25, 0.3) is 0 Å². The molecule has 0 radical (unpaired) electrons. The molecule has 0 aromatic carbocycles. The van der Waals surface area contributed by atoms with Crippen LogP contribution in [-0.2, 0) is 16.1 Å². The number of hydrogen-bond donors (Lipinski definition) is 1. The van der Waals surface area contributed by atoms with E-state index < -0.39 is 0 Å². The Balaban J connectivity index is 2.24. The average molecular weight is 255 g/mol. The van der Waals surface area contributed by atoms with Crippen molar-refractivity contribution in [1.29, 1.82) is 0 Å². The van der Waals surface area contributed by atoms with Gasteiger partial charge in [-0.25, -0.2) is 0 Å². The van der Waals surface area contributed by atoms with Crippen molar-refractivity contribution in [3.8, 4) is 5.75 Å². The number of rotatable bonds is 9. The van der Waals surface area contributed by atoms with Crippen LogP contribution in [0.5, 0.6) is 5.75 Å². The maximum atomic E-state index is 9.14. The maximum absolute atomic E-state index is 9.14. The summed E-state index contributed by atoms with van der Waals surface area (Å²) >= 11 is 0. The van der Waals surface area contributed by atoms with Gasteiger partial charge in [-0.2, -0.15) is 0 Å². The van der Waals surface area contributed by atoms with E-state index in [0.29, 0.717) is 37.7 Å². The highest BCUT2D eigenvalue weighted by Gasteiger charge is 2.03. The van der Waals surface area contributed by atoms with Crippen LogP contribution in [0.15, 0.2) is 12.3 Å². The second-order valence-electron chi connectivity index (χ2n) is 3.90. The zero-order valence-corrected chi connectivity index (χ0v) is 11.0. The van der Waals surface area contributed by atoms with Gasteiger partial charge < -0.3 is 19.3 Å². The van der Waals surface area contributed by atoms with Crippen molar-refractivity contribution in [2.24, 2.45) is 0 Å². The fourth-order valence-electron chi connectivity index (χ4n) is 1.43. The van der Waals surface area contributed by atoms with Crippen molar-refractivity contribution in [3.63, 3.8) is 0 Å². The van der Waals surface area contributed by atoms with Crippen molar-refractivity contribution in [2.75, 3.05) is 33.5 Å². The summed E-state index contributed by atoms with van der Waals surface area (Å²) in [6.45, 7) is 4.17. The standard InChI is InChI=1S/C13H21NO4/c1-11-8-13(12(10-15)9-14-11)18-7-6-17-5-3-4-16-2/h8-9,15H,3-7,10H2,1-2H3. The molecule has 0 spiro atoms. The Morgan fingerprint density at radius 3 is 2.78 bits per heavy atom. The van der Waals surface area contributed by atoms with E-state index in [4.69, 9.17) is 19.3 Å². The smallest absolute Gasteiger partial charge is 0.128 e. The van der Waals surface area contributed by atoms with E-state index in [1.807, 2.05) is 13.0 Å². The van der Waals surface area contributed by atoms with Gasteiger partial charge in [-0.15, -0.1) is 0 Å². The number of aliphatic hydroxyl groups is 1. The van der Waals surface area contributed by atoms with E-state index in [9.17, 15) is 0 Å². The number of ether oxygens (including phenoxy) is 3. The molecular weight excluding hydrogens is 234 g/mol. The number of methoxy groups -OCH3 is 1. The Morgan fingerprint density at radius 2 is 2.06 bits per heavy atom. The lowest BCUT2D eigenvalue weighted by Crippen LogP contribution is -2.10. The minimum Gasteiger partial charge on any atom is -0.491 e. The molecule has 102 valence electrons. The third-order valence-electron chi connectivity index (χ3n) is 2.37. The van der Waals surface area contributed by atoms with Crippen molar-refractivity contribution >= 4 is 0 Å². The van der Waals surface area contributed by atoms with Gasteiger partial charge in [0.05, 0.1) is 13.2 Å². The number of aryl methyl sites for hydroxylation is 1. The molecule has 1 heterocycles. The van der Waals surface area contributed by atoms with Gasteiger partial charge in [-0.1, -0.05) is 0 Å². The van der Waals surface area contributed by atoms with Crippen molar-refractivity contribution in [3.05, 3.63) is 23.5 Å². The molecule has 0 atom stereocenters. The second-order valence-corrected chi connectivity index (χ2v) is 3.90. The molecule has 1 N–H and O–H groups in total. The van der Waals surface area contributed by atoms with Crippen molar-refractivity contribution in [2.45, 2.75) is 20.0 Å². The fourth-order valence-corrected chi connectivity index (χ4v) is 1.43. The van der Waals surface area contributed by atoms with Crippen LogP contribution in [0, 0.1) is 6.92 Å². The lowest BCUT2D eigenvalue weighted by molar-refractivity contribution is 0.0800. The third kappa shape index (κ3) is 5.44. The Hall–Kier alpha value is -1.17. The first-order valence-corrected chi connectivity index (χ1v) is 6.03. The lowest BCUT2D eigenvalue weighted by Gasteiger charge is -2.10. The number of aromatic nitrogens is 1. The molecule has 5 heteroatoms. The van der Waals surface area contributed by atoms with Crippen LogP contribution in [0.3, 0.4) is 0 Å². The zero-order valence-electron chi connectivity index (χ0n) is 11.0. The van der Waals surface area contributed by atoms with Crippen LogP contribution in [-0.4, -0.2) is 43.6 Å². The molecule has 1 aromatic heterocycles. The molecule has 1 rings (SSSR count). The van der Waals surface area contributed by atoms with Gasteiger partial charge in [0.1, 0.15) is 12.4 Å². The van der Waals surface area contributed by atoms with E-state index in [1.165, 1.54) is 0 Å². The van der Waals surface area contributed by atoms with Gasteiger partial charge in [-0.05, 0) is 13.3 Å². The summed E-state index contributed by atoms with van der Waals surface area (Å²) in [5.41, 5.74) is 1.56. The van der Waals surface area contributed by atoms with Gasteiger partial charge in [0.25, 0.3) is 0 Å². The summed E-state index contributed by atoms with van der Waals surface area (Å²) in [6, 6.07) is 1.82. The molecule has 0 unspecified atom stereocenters. The highest BCUT2D eigenvalue weighted by Crippen LogP contribution is 2.18. The lowest BCUT2D eigenvalue weighted by atomic mass is 10.2. The fraction of sp³-hybridized carbons (Fsp3) is 0.615. The molecule has 0 aliphatic heterocycles. The Kier molecular flexibility index (Phi) is 7.32. The molecule has 0 fully saturated rings. The minimum absolute atomic E-state index is 0.0721. The summed E-state index contributed by atoms with van der Waals surface area (Å²) < 4.78 is 15.9. The molecular formula is C13H21NO4. The second kappa shape index (κ2) is 8.85. The summed E-state index contributed by atoms with van der Waals surface area (Å²) in [7, 11) is 1.67. The predicted octanol–water partition coefficient (Wildman–Crippen LogP) is 1.31. The van der Waals surface area contributed by atoms with Crippen molar-refractivity contribution < 1.29 is 19.3 Å². The Labute approximate surface area is 108 Å². The summed E-state index contributed by atoms with van der Waals surface area (Å²) in [6.07, 6.45) is 2.51. The van der Waals surface area contributed by atoms with Crippen LogP contribution < -0.4 is 4.74 Å². The van der Waals surface area contributed by atoms with Gasteiger partial charge in [-0.3, -0.25) is 4.98 Å². The first-order chi connectivity index (χ1) is 8.77. The van der Waals surface area contributed by atoms with Crippen LogP contribution in [0.2, 0.25) is 0 Å². The topological polar surface area (TPSA) is 60.8 Å². The van der Waals surface area contributed by atoms with E-state index in [-0.39, 0.29) is 6.61 Å². The molecule has 0 saturated carbocycles. The number of nitrogens with zero attached hydrogens (tertiary/aromatic N) is 1. The normalized spacial score (nSPS) is 10.6. The number of aliphatic hydroxyl groups excluding tert-OH is 1. The van der Waals surface area contributed by atoms with Gasteiger partial charge in [0.15, 0.2) is 0 Å². The van der Waals surface area contributed by atoms with Crippen LogP contribution >= 0.6 is 0 Å². The molecule has 0 aliphatic carbocycles. The van der Waals surface area contributed by atoms with E-state index in [1.54, 1.807) is 13.3 Å². The first kappa shape index (κ1) is 14.9. The molecule has 0 aliphatic rings. The van der Waals surface area contributed by atoms with Gasteiger partial charge in [0, 0.05) is 43.8 Å². The minimum atomic E-state index is -0.0721. The largest absolute Gasteiger partial charge is 0.491 e. The van der Waals surface area contributed by atoms with Crippen LogP contribution in [0.1, 0.15) is 17.7 Å². The van der Waals surface area contributed by atoms with Gasteiger partial charge in [0.2, 0.25) is 0 Å². The molecule has 5 nitrogen and oxygen atoms in total. The molecule has 0 bridgehead atoms. The van der Waals surface area contributed by atoms with Crippen LogP contribution in [0.4, 0.5) is 0 Å². The van der Waals surface area contributed by atoms with E-state index >= 15 is 0 Å². The molecule has 18 heavy (non-hydrogen) atoms. The zero-order chi connectivity index (χ0) is 13.2. The van der Waals surface area contributed by atoms with E-state index in [2.05, 4.69) is 4.98 Å². The molecule has 1 aromatic rings. The average Bonchev–Trinajstić information content (AvgIpc) is 2.38. The summed E-state index contributed by atoms with van der Waals surface area (Å²) in [5, 5.41) is 9.14. The monoisotopic (exact) mass is 255 g/mol. The van der Waals surface area contributed by atoms with E-state index in [0.717, 1.165) is 12.1 Å².